The Morgan fingerprint density at radius 1 is 1.22 bits per heavy atom. The minimum Gasteiger partial charge on any atom is -0.481 e. The van der Waals surface area contributed by atoms with E-state index in [0.717, 1.165) is 12.8 Å². The number of nitrogens with one attached hydrogen (secondary N) is 1. The second-order valence-electron chi connectivity index (χ2n) is 4.88. The molecular formula is C13H25NO4. The van der Waals surface area contributed by atoms with E-state index in [9.17, 15) is 9.59 Å². The molecule has 2 unspecified atom stereocenters. The van der Waals surface area contributed by atoms with Gasteiger partial charge >= 0.3 is 5.97 Å². The van der Waals surface area contributed by atoms with Gasteiger partial charge in [-0.2, -0.15) is 0 Å². The van der Waals surface area contributed by atoms with Crippen molar-refractivity contribution in [1.29, 1.82) is 0 Å². The summed E-state index contributed by atoms with van der Waals surface area (Å²) in [5.74, 6) is -0.828. The molecule has 0 heterocycles. The summed E-state index contributed by atoms with van der Waals surface area (Å²) in [7, 11) is 0. The van der Waals surface area contributed by atoms with Gasteiger partial charge in [-0.25, -0.2) is 0 Å². The van der Waals surface area contributed by atoms with E-state index >= 15 is 0 Å². The second kappa shape index (κ2) is 9.88. The summed E-state index contributed by atoms with van der Waals surface area (Å²) in [6, 6.07) is 0. The molecule has 106 valence electrons. The van der Waals surface area contributed by atoms with Crippen molar-refractivity contribution in [2.75, 3.05) is 13.2 Å². The van der Waals surface area contributed by atoms with Gasteiger partial charge in [-0.05, 0) is 24.7 Å². The summed E-state index contributed by atoms with van der Waals surface area (Å²) in [6.45, 7) is 4.52. The van der Waals surface area contributed by atoms with Gasteiger partial charge in [0.15, 0.2) is 0 Å². The molecule has 5 nitrogen and oxygen atoms in total. The summed E-state index contributed by atoms with van der Waals surface area (Å²) in [4.78, 5) is 22.0. The number of hydrogen-bond donors (Lipinski definition) is 3. The van der Waals surface area contributed by atoms with Crippen LogP contribution < -0.4 is 5.32 Å². The number of carbonyl (C=O) groups is 2. The molecule has 3 N–H and O–H groups in total. The fourth-order valence-corrected chi connectivity index (χ4v) is 1.96. The van der Waals surface area contributed by atoms with Crippen LogP contribution >= 0.6 is 0 Å². The first-order chi connectivity index (χ1) is 8.49. The molecule has 1 amide bonds. The minimum absolute atomic E-state index is 0.0163. The predicted molar refractivity (Wildman–Crippen MR) is 69.1 cm³/mol. The van der Waals surface area contributed by atoms with Crippen molar-refractivity contribution in [2.45, 2.75) is 46.0 Å². The number of aliphatic carboxylic acids is 1. The number of aliphatic hydroxyl groups excluding tert-OH is 1. The summed E-state index contributed by atoms with van der Waals surface area (Å²) in [5, 5.41) is 20.3. The first kappa shape index (κ1) is 16.9. The Morgan fingerprint density at radius 3 is 2.39 bits per heavy atom. The maximum Gasteiger partial charge on any atom is 0.303 e. The molecular weight excluding hydrogens is 234 g/mol. The average molecular weight is 259 g/mol. The molecule has 0 aromatic rings. The SMILES string of the molecule is CCCC(CCO)CNC(=O)CC(C)CC(=O)O. The molecule has 0 rings (SSSR count). The van der Waals surface area contributed by atoms with Crippen molar-refractivity contribution in [3.05, 3.63) is 0 Å². The van der Waals surface area contributed by atoms with Gasteiger partial charge in [-0.1, -0.05) is 20.3 Å². The summed E-state index contributed by atoms with van der Waals surface area (Å²) >= 11 is 0. The van der Waals surface area contributed by atoms with Crippen LogP contribution in [0.5, 0.6) is 0 Å². The lowest BCUT2D eigenvalue weighted by Crippen LogP contribution is -2.31. The van der Waals surface area contributed by atoms with Crippen molar-refractivity contribution < 1.29 is 19.8 Å². The Morgan fingerprint density at radius 2 is 1.89 bits per heavy atom. The number of hydrogen-bond acceptors (Lipinski definition) is 3. The van der Waals surface area contributed by atoms with Crippen molar-refractivity contribution >= 4 is 11.9 Å². The second-order valence-corrected chi connectivity index (χ2v) is 4.88. The third-order valence-electron chi connectivity index (χ3n) is 2.88. The number of carboxylic acid groups (broad SMARTS) is 1. The zero-order valence-corrected chi connectivity index (χ0v) is 11.3. The van der Waals surface area contributed by atoms with Gasteiger partial charge in [0.1, 0.15) is 0 Å². The lowest BCUT2D eigenvalue weighted by atomic mass is 9.99. The number of rotatable bonds is 10. The fourth-order valence-electron chi connectivity index (χ4n) is 1.96. The largest absolute Gasteiger partial charge is 0.481 e. The fraction of sp³-hybridized carbons (Fsp3) is 0.846. The van der Waals surface area contributed by atoms with Crippen LogP contribution in [0.2, 0.25) is 0 Å². The number of aliphatic hydroxyl groups is 1. The normalized spacial score (nSPS) is 13.9. The molecule has 0 aromatic heterocycles. The zero-order valence-electron chi connectivity index (χ0n) is 11.3. The highest BCUT2D eigenvalue weighted by Gasteiger charge is 2.14. The van der Waals surface area contributed by atoms with E-state index in [1.165, 1.54) is 0 Å². The maximum atomic E-state index is 11.6. The molecule has 0 aliphatic rings. The van der Waals surface area contributed by atoms with Crippen LogP contribution in [0.4, 0.5) is 0 Å². The lowest BCUT2D eigenvalue weighted by molar-refractivity contribution is -0.138. The first-order valence-electron chi connectivity index (χ1n) is 6.58. The van der Waals surface area contributed by atoms with Gasteiger partial charge in [0, 0.05) is 26.0 Å². The maximum absolute atomic E-state index is 11.6. The van der Waals surface area contributed by atoms with Gasteiger partial charge < -0.3 is 15.5 Å². The first-order valence-corrected chi connectivity index (χ1v) is 6.58. The number of amides is 1. The third-order valence-corrected chi connectivity index (χ3v) is 2.88. The van der Waals surface area contributed by atoms with Crippen LogP contribution in [0.1, 0.15) is 46.0 Å². The van der Waals surface area contributed by atoms with Gasteiger partial charge in [0.05, 0.1) is 0 Å². The molecule has 0 spiro atoms. The Kier molecular flexibility index (Phi) is 9.28. The Balaban J connectivity index is 3.88. The van der Waals surface area contributed by atoms with E-state index in [2.05, 4.69) is 12.2 Å². The number of carboxylic acids is 1. The van der Waals surface area contributed by atoms with Gasteiger partial charge in [-0.15, -0.1) is 0 Å². The molecule has 2 atom stereocenters. The van der Waals surface area contributed by atoms with Crippen molar-refractivity contribution in [2.24, 2.45) is 11.8 Å². The van der Waals surface area contributed by atoms with Gasteiger partial charge in [0.2, 0.25) is 5.91 Å². The van der Waals surface area contributed by atoms with E-state index in [0.29, 0.717) is 18.9 Å². The summed E-state index contributed by atoms with van der Waals surface area (Å²) in [5.41, 5.74) is 0. The molecule has 0 fully saturated rings. The topological polar surface area (TPSA) is 86.6 Å². The van der Waals surface area contributed by atoms with Crippen molar-refractivity contribution in [3.63, 3.8) is 0 Å². The molecule has 0 saturated carbocycles. The highest BCUT2D eigenvalue weighted by atomic mass is 16.4. The standard InChI is InChI=1S/C13H25NO4/c1-3-4-11(5-6-15)9-14-12(16)7-10(2)8-13(17)18/h10-11,15H,3-9H2,1-2H3,(H,14,16)(H,17,18). The van der Waals surface area contributed by atoms with Crippen LogP contribution in [0, 0.1) is 11.8 Å². The summed E-state index contributed by atoms with van der Waals surface area (Å²) in [6.07, 6.45) is 2.95. The molecule has 0 bridgehead atoms. The van der Waals surface area contributed by atoms with Crippen LogP contribution in [0.15, 0.2) is 0 Å². The molecule has 0 radical (unpaired) electrons. The van der Waals surface area contributed by atoms with E-state index in [1.807, 2.05) is 0 Å². The predicted octanol–water partition coefficient (Wildman–Crippen LogP) is 1.40. The van der Waals surface area contributed by atoms with Crippen molar-refractivity contribution in [1.82, 2.24) is 5.32 Å². The molecule has 0 aliphatic carbocycles. The lowest BCUT2D eigenvalue weighted by Gasteiger charge is -2.16. The molecule has 0 aliphatic heterocycles. The Hall–Kier alpha value is -1.10. The third kappa shape index (κ3) is 8.98. The monoisotopic (exact) mass is 259 g/mol. The van der Waals surface area contributed by atoms with Gasteiger partial charge in [0.25, 0.3) is 0 Å². The highest BCUT2D eigenvalue weighted by molar-refractivity contribution is 5.77. The molecule has 0 saturated heterocycles. The number of carbonyl (C=O) groups excluding carboxylic acids is 1. The molecule has 18 heavy (non-hydrogen) atoms. The van der Waals surface area contributed by atoms with E-state index < -0.39 is 5.97 Å². The Labute approximate surface area is 109 Å². The molecule has 5 heteroatoms. The van der Waals surface area contributed by atoms with Crippen LogP contribution in [-0.2, 0) is 9.59 Å². The summed E-state index contributed by atoms with van der Waals surface area (Å²) < 4.78 is 0. The van der Waals surface area contributed by atoms with Gasteiger partial charge in [-0.3, -0.25) is 9.59 Å². The average Bonchev–Trinajstić information content (AvgIpc) is 2.25. The van der Waals surface area contributed by atoms with Crippen LogP contribution in [-0.4, -0.2) is 35.2 Å². The zero-order chi connectivity index (χ0) is 14.0. The molecule has 0 aromatic carbocycles. The quantitative estimate of drug-likeness (QED) is 0.553. The highest BCUT2D eigenvalue weighted by Crippen LogP contribution is 2.10. The van der Waals surface area contributed by atoms with E-state index in [1.54, 1.807) is 6.92 Å². The van der Waals surface area contributed by atoms with E-state index in [-0.39, 0.29) is 31.3 Å². The van der Waals surface area contributed by atoms with Crippen LogP contribution in [0.3, 0.4) is 0 Å². The Bertz CT molecular complexity index is 249. The van der Waals surface area contributed by atoms with Crippen LogP contribution in [0.25, 0.3) is 0 Å². The van der Waals surface area contributed by atoms with Crippen molar-refractivity contribution in [3.8, 4) is 0 Å². The smallest absolute Gasteiger partial charge is 0.303 e. The van der Waals surface area contributed by atoms with E-state index in [4.69, 9.17) is 10.2 Å². The minimum atomic E-state index is -0.876.